The Morgan fingerprint density at radius 1 is 0.279 bits per heavy atom. The van der Waals surface area contributed by atoms with Gasteiger partial charge in [0.25, 0.3) is 0 Å². The second kappa shape index (κ2) is 16.6. The van der Waals surface area contributed by atoms with Crippen molar-refractivity contribution in [1.29, 1.82) is 0 Å². The van der Waals surface area contributed by atoms with Crippen LogP contribution in [0.3, 0.4) is 0 Å². The lowest BCUT2D eigenvalue weighted by atomic mass is 9.89. The molecule has 298 valence electrons. The van der Waals surface area contributed by atoms with Gasteiger partial charge < -0.3 is 9.80 Å². The highest BCUT2D eigenvalue weighted by Gasteiger charge is 2.43. The van der Waals surface area contributed by atoms with Crippen LogP contribution < -0.4 is 9.80 Å². The summed E-state index contributed by atoms with van der Waals surface area (Å²) in [5, 5.41) is 2.92. The molecule has 0 saturated carbocycles. The number of nitrogens with zero attached hydrogens (tertiary/aromatic N) is 2. The number of benzene rings is 8. The number of anilines is 6. The highest BCUT2D eigenvalue weighted by molar-refractivity contribution is 7.13. The van der Waals surface area contributed by atoms with Crippen molar-refractivity contribution in [1.82, 2.24) is 0 Å². The van der Waals surface area contributed by atoms with Gasteiger partial charge in [0.05, 0.1) is 0 Å². The van der Waals surface area contributed by atoms with Crippen molar-refractivity contribution in [3.63, 3.8) is 0 Å². The lowest BCUT2D eigenvalue weighted by Crippen LogP contribution is -2.28. The highest BCUT2D eigenvalue weighted by atomic mass is 28.3. The van der Waals surface area contributed by atoms with Gasteiger partial charge in [0.15, 0.2) is 0 Å². The van der Waals surface area contributed by atoms with Crippen LogP contribution >= 0.6 is 0 Å². The molecule has 2 nitrogen and oxygen atoms in total. The maximum atomic E-state index is 2.55. The summed E-state index contributed by atoms with van der Waals surface area (Å²) in [7, 11) is -2.42. The third kappa shape index (κ3) is 7.81. The lowest BCUT2D eigenvalue weighted by Gasteiger charge is -2.29. The van der Waals surface area contributed by atoms with Crippen molar-refractivity contribution in [2.45, 2.75) is 40.8 Å². The Kier molecular flexibility index (Phi) is 10.8. The van der Waals surface area contributed by atoms with E-state index in [0.29, 0.717) is 0 Å². The summed E-state index contributed by atoms with van der Waals surface area (Å²) in [6.07, 6.45) is 0. The molecule has 0 aliphatic carbocycles. The van der Waals surface area contributed by atoms with Crippen LogP contribution in [0.25, 0.3) is 21.5 Å². The highest BCUT2D eigenvalue weighted by Crippen LogP contribution is 2.56. The van der Waals surface area contributed by atoms with Crippen molar-refractivity contribution in [3.8, 4) is 0 Å². The molecule has 1 heterocycles. The van der Waals surface area contributed by atoms with Gasteiger partial charge in [-0.2, -0.15) is 0 Å². The van der Waals surface area contributed by atoms with Gasteiger partial charge >= 0.3 is 0 Å². The average molecular weight is 805 g/mol. The predicted molar refractivity (Wildman–Crippen MR) is 265 cm³/mol. The molecule has 0 radical (unpaired) electrons. The van der Waals surface area contributed by atoms with Gasteiger partial charge in [-0.05, 0) is 167 Å². The Balaban J connectivity index is 1.20. The van der Waals surface area contributed by atoms with Crippen LogP contribution in [0, 0.1) is 27.7 Å². The third-order valence-corrected chi connectivity index (χ3v) is 15.6. The second-order valence-electron chi connectivity index (χ2n) is 17.0. The largest absolute Gasteiger partial charge is 0.310 e. The molecule has 61 heavy (non-hydrogen) atoms. The van der Waals surface area contributed by atoms with Gasteiger partial charge in [0, 0.05) is 34.1 Å². The number of allylic oxidation sites excluding steroid dienone is 2. The number of hydrogen-bond acceptors (Lipinski definition) is 2. The third-order valence-electron chi connectivity index (χ3n) is 12.0. The molecule has 8 aromatic carbocycles. The molecular weight excluding hydrogens is 753 g/mol. The van der Waals surface area contributed by atoms with Crippen LogP contribution in [-0.2, 0) is 0 Å². The van der Waals surface area contributed by atoms with E-state index in [1.807, 2.05) is 0 Å². The van der Waals surface area contributed by atoms with Crippen LogP contribution in [0.15, 0.2) is 206 Å². The first kappa shape index (κ1) is 39.5. The van der Waals surface area contributed by atoms with E-state index in [1.54, 1.807) is 0 Å². The number of rotatable bonds is 10. The zero-order valence-corrected chi connectivity index (χ0v) is 37.0. The summed E-state index contributed by atoms with van der Waals surface area (Å²) < 4.78 is 0. The van der Waals surface area contributed by atoms with Crippen molar-refractivity contribution in [2.24, 2.45) is 0 Å². The molecular formula is C58H52N2Si. The molecule has 0 saturated heterocycles. The molecule has 0 atom stereocenters. The Morgan fingerprint density at radius 2 is 0.574 bits per heavy atom. The van der Waals surface area contributed by atoms with E-state index in [4.69, 9.17) is 0 Å². The Bertz CT molecular complexity index is 2610. The quantitative estimate of drug-likeness (QED) is 0.127. The van der Waals surface area contributed by atoms with Gasteiger partial charge in [-0.1, -0.05) is 147 Å². The summed E-state index contributed by atoms with van der Waals surface area (Å²) in [4.78, 5) is 4.76. The fourth-order valence-corrected chi connectivity index (χ4v) is 13.1. The van der Waals surface area contributed by atoms with E-state index in [0.717, 1.165) is 34.1 Å². The van der Waals surface area contributed by atoms with E-state index in [-0.39, 0.29) is 0 Å². The van der Waals surface area contributed by atoms with Crippen LogP contribution in [0.2, 0.25) is 13.1 Å². The van der Waals surface area contributed by atoms with Crippen LogP contribution in [-0.4, -0.2) is 8.07 Å². The van der Waals surface area contributed by atoms with Crippen molar-refractivity contribution >= 4 is 63.7 Å². The molecule has 0 amide bonds. The lowest BCUT2D eigenvalue weighted by molar-refractivity contribution is 1.26. The Hall–Kier alpha value is -6.94. The van der Waals surface area contributed by atoms with Crippen molar-refractivity contribution in [2.75, 3.05) is 9.80 Å². The van der Waals surface area contributed by atoms with Gasteiger partial charge in [-0.15, -0.1) is 0 Å². The van der Waals surface area contributed by atoms with Crippen LogP contribution in [0.4, 0.5) is 34.1 Å². The van der Waals surface area contributed by atoms with E-state index >= 15 is 0 Å². The molecule has 0 bridgehead atoms. The molecule has 0 aromatic heterocycles. The minimum Gasteiger partial charge on any atom is -0.310 e. The summed E-state index contributed by atoms with van der Waals surface area (Å²) >= 11 is 0. The first-order chi connectivity index (χ1) is 29.7. The van der Waals surface area contributed by atoms with Crippen LogP contribution in [0.1, 0.15) is 44.5 Å². The van der Waals surface area contributed by atoms with Crippen molar-refractivity contribution < 1.29 is 0 Å². The number of hydrogen-bond donors (Lipinski definition) is 0. The first-order valence-corrected chi connectivity index (χ1v) is 24.3. The molecule has 1 aliphatic rings. The topological polar surface area (TPSA) is 6.48 Å². The molecule has 9 rings (SSSR count). The second-order valence-corrected chi connectivity index (χ2v) is 21.2. The van der Waals surface area contributed by atoms with E-state index in [2.05, 4.69) is 257 Å². The summed E-state index contributed by atoms with van der Waals surface area (Å²) in [6, 6.07) is 76.1. The fraction of sp³-hybridized carbons (Fsp3) is 0.103. The average Bonchev–Trinajstić information content (AvgIpc) is 3.52. The van der Waals surface area contributed by atoms with Gasteiger partial charge in [-0.3, -0.25) is 0 Å². The van der Waals surface area contributed by atoms with E-state index in [9.17, 15) is 0 Å². The molecule has 0 unspecified atom stereocenters. The SMILES string of the molecule is Cc1cccc(N(c2ccc(C3=C(c4ccccc4)C(c4ccccc4)=C(c4ccc(N(c5cccc(C)c5)c5cccc(C)c5)cc4)[Si]3(C)C)cc2)c2cccc(C)c2)c1. The van der Waals surface area contributed by atoms with Crippen molar-refractivity contribution in [3.05, 3.63) is 251 Å². The predicted octanol–water partition coefficient (Wildman–Crippen LogP) is 16.2. The summed E-state index contributed by atoms with van der Waals surface area (Å²) in [6.45, 7) is 13.8. The molecule has 8 aromatic rings. The van der Waals surface area contributed by atoms with Gasteiger partial charge in [0.2, 0.25) is 0 Å². The summed E-state index contributed by atoms with van der Waals surface area (Å²) in [5.41, 5.74) is 19.6. The zero-order chi connectivity index (χ0) is 42.1. The maximum absolute atomic E-state index is 2.55. The minimum absolute atomic E-state index is 1.14. The normalized spacial score (nSPS) is 13.4. The Morgan fingerprint density at radius 3 is 0.852 bits per heavy atom. The molecule has 0 N–H and O–H groups in total. The fourth-order valence-electron chi connectivity index (χ4n) is 9.31. The monoisotopic (exact) mass is 804 g/mol. The molecule has 3 heteroatoms. The van der Waals surface area contributed by atoms with Gasteiger partial charge in [-0.25, -0.2) is 0 Å². The van der Waals surface area contributed by atoms with E-state index in [1.165, 1.54) is 66.0 Å². The summed E-state index contributed by atoms with van der Waals surface area (Å²) in [5.74, 6) is 0. The minimum atomic E-state index is -2.42. The molecule has 0 fully saturated rings. The van der Waals surface area contributed by atoms with Gasteiger partial charge in [0.1, 0.15) is 8.07 Å². The number of aryl methyl sites for hydroxylation is 4. The smallest absolute Gasteiger partial charge is 0.115 e. The van der Waals surface area contributed by atoms with E-state index < -0.39 is 8.07 Å². The standard InChI is InChI=1S/C58H52N2Si/c1-41-17-13-25-51(37-41)59(52-26-14-18-42(2)38-52)49-33-29-47(30-34-49)57-55(45-21-9-7-10-22-45)56(46-23-11-8-12-24-46)58(61(57,5)6)48-31-35-50(36-32-48)60(53-27-15-19-43(3)39-53)54-28-16-20-44(4)40-54/h7-40H,1-6H3. The zero-order valence-electron chi connectivity index (χ0n) is 36.0. The molecule has 0 spiro atoms. The Labute approximate surface area is 363 Å². The maximum Gasteiger partial charge on any atom is 0.115 e. The first-order valence-electron chi connectivity index (χ1n) is 21.3. The van der Waals surface area contributed by atoms with Crippen LogP contribution in [0.5, 0.6) is 0 Å². The molecule has 1 aliphatic heterocycles.